The topological polar surface area (TPSA) is 63.0 Å². The second-order valence-electron chi connectivity index (χ2n) is 4.93. The van der Waals surface area contributed by atoms with Crippen LogP contribution in [0.15, 0.2) is 70.6 Å². The summed E-state index contributed by atoms with van der Waals surface area (Å²) in [5.41, 5.74) is 1.70. The molecule has 118 valence electrons. The molecule has 0 fully saturated rings. The van der Waals surface area contributed by atoms with E-state index in [4.69, 9.17) is 12.2 Å². The van der Waals surface area contributed by atoms with E-state index in [0.29, 0.717) is 0 Å². The third kappa shape index (κ3) is 3.80. The summed E-state index contributed by atoms with van der Waals surface area (Å²) in [6, 6.07) is 19.1. The van der Waals surface area contributed by atoms with Gasteiger partial charge in [-0.2, -0.15) is 14.9 Å². The number of H-pyrrole nitrogens is 1. The minimum Gasteiger partial charge on any atom is -0.265 e. The van der Waals surface area contributed by atoms with Crippen molar-refractivity contribution in [1.82, 2.24) is 14.9 Å². The van der Waals surface area contributed by atoms with Gasteiger partial charge in [-0.1, -0.05) is 66.7 Å². The number of hydrogen-bond donors (Lipinski definition) is 1. The summed E-state index contributed by atoms with van der Waals surface area (Å²) < 4.78 is 1.27. The van der Waals surface area contributed by atoms with Crippen molar-refractivity contribution in [3.05, 3.63) is 92.6 Å². The molecule has 1 heterocycles. The van der Waals surface area contributed by atoms with Gasteiger partial charge >= 0.3 is 5.56 Å². The molecule has 3 rings (SSSR count). The average molecular weight is 334 g/mol. The molecule has 0 bridgehead atoms. The van der Waals surface area contributed by atoms with Gasteiger partial charge < -0.3 is 0 Å². The molecular weight excluding hydrogens is 320 g/mol. The highest BCUT2D eigenvalue weighted by Gasteiger charge is 2.03. The molecule has 24 heavy (non-hydrogen) atoms. The van der Waals surface area contributed by atoms with Crippen molar-refractivity contribution in [2.75, 3.05) is 0 Å². The van der Waals surface area contributed by atoms with Crippen LogP contribution in [0.3, 0.4) is 0 Å². The first-order valence-corrected chi connectivity index (χ1v) is 7.69. The second kappa shape index (κ2) is 7.43. The van der Waals surface area contributed by atoms with Crippen LogP contribution >= 0.6 is 12.2 Å². The van der Waals surface area contributed by atoms with E-state index in [2.05, 4.69) is 15.3 Å². The lowest BCUT2D eigenvalue weighted by Crippen LogP contribution is -2.22. The Morgan fingerprint density at radius 2 is 1.58 bits per heavy atom. The molecule has 6 heteroatoms. The van der Waals surface area contributed by atoms with Gasteiger partial charge in [-0.15, -0.1) is 0 Å². The van der Waals surface area contributed by atoms with Crippen LogP contribution in [0.2, 0.25) is 0 Å². The van der Waals surface area contributed by atoms with Crippen molar-refractivity contribution < 1.29 is 0 Å². The summed E-state index contributed by atoms with van der Waals surface area (Å²) in [6.07, 6.45) is 5.03. The molecule has 0 saturated carbocycles. The van der Waals surface area contributed by atoms with E-state index >= 15 is 0 Å². The highest BCUT2D eigenvalue weighted by Crippen LogP contribution is 2.03. The first-order valence-electron chi connectivity index (χ1n) is 7.28. The number of aromatic amines is 1. The molecule has 5 nitrogen and oxygen atoms in total. The molecule has 0 atom stereocenters. The molecule has 0 spiro atoms. The summed E-state index contributed by atoms with van der Waals surface area (Å²) in [4.78, 5) is 12.5. The number of hydrogen-bond acceptors (Lipinski definition) is 4. The van der Waals surface area contributed by atoms with Crippen LogP contribution in [0.4, 0.5) is 0 Å². The van der Waals surface area contributed by atoms with Crippen LogP contribution in [0, 0.1) is 4.77 Å². The third-order valence-corrected chi connectivity index (χ3v) is 3.50. The Balaban J connectivity index is 1.94. The molecule has 2 aromatic carbocycles. The van der Waals surface area contributed by atoms with Gasteiger partial charge in [-0.3, -0.25) is 9.89 Å². The molecule has 0 aliphatic heterocycles. The van der Waals surface area contributed by atoms with Gasteiger partial charge in [-0.05, 0) is 29.4 Å². The molecule has 0 aliphatic carbocycles. The molecule has 0 radical (unpaired) electrons. The number of aromatic nitrogens is 3. The maximum absolute atomic E-state index is 12.5. The minimum absolute atomic E-state index is 0.143. The van der Waals surface area contributed by atoms with Gasteiger partial charge in [0.1, 0.15) is 0 Å². The molecular formula is C18H14N4OS. The Labute approximate surface area is 143 Å². The van der Waals surface area contributed by atoms with E-state index in [-0.39, 0.29) is 16.0 Å². The molecule has 0 aliphatic rings. The van der Waals surface area contributed by atoms with E-state index in [0.717, 1.165) is 15.8 Å². The van der Waals surface area contributed by atoms with Crippen molar-refractivity contribution in [2.45, 2.75) is 0 Å². The number of rotatable bonds is 4. The molecule has 3 aromatic rings. The largest absolute Gasteiger partial charge is 0.301 e. The van der Waals surface area contributed by atoms with Crippen LogP contribution in [0.25, 0.3) is 12.2 Å². The predicted octanol–water partition coefficient (Wildman–Crippen LogP) is 3.35. The van der Waals surface area contributed by atoms with Gasteiger partial charge in [0, 0.05) is 0 Å². The Bertz CT molecular complexity index is 989. The van der Waals surface area contributed by atoms with Crippen LogP contribution in [-0.2, 0) is 0 Å². The van der Waals surface area contributed by atoms with Crippen molar-refractivity contribution >= 4 is 30.6 Å². The Morgan fingerprint density at radius 3 is 2.25 bits per heavy atom. The third-order valence-electron chi connectivity index (χ3n) is 3.23. The fourth-order valence-corrected chi connectivity index (χ4v) is 2.20. The molecule has 1 N–H and O–H groups in total. The highest BCUT2D eigenvalue weighted by atomic mass is 32.1. The number of benzene rings is 2. The zero-order valence-corrected chi connectivity index (χ0v) is 13.5. The Kier molecular flexibility index (Phi) is 4.88. The highest BCUT2D eigenvalue weighted by molar-refractivity contribution is 7.71. The molecule has 1 aromatic heterocycles. The molecule has 0 saturated heterocycles. The molecule has 0 amide bonds. The van der Waals surface area contributed by atoms with Gasteiger partial charge in [0.05, 0.1) is 6.21 Å². The van der Waals surface area contributed by atoms with E-state index < -0.39 is 0 Å². The second-order valence-corrected chi connectivity index (χ2v) is 5.32. The number of nitrogens with one attached hydrogen (secondary N) is 1. The zero-order chi connectivity index (χ0) is 16.8. The summed E-state index contributed by atoms with van der Waals surface area (Å²) in [5.74, 6) is 0. The lowest BCUT2D eigenvalue weighted by Gasteiger charge is -2.00. The van der Waals surface area contributed by atoms with Gasteiger partial charge in [0.15, 0.2) is 5.69 Å². The number of nitrogens with zero attached hydrogens (tertiary/aromatic N) is 3. The predicted molar refractivity (Wildman–Crippen MR) is 98.5 cm³/mol. The van der Waals surface area contributed by atoms with Gasteiger partial charge in [-0.25, -0.2) is 0 Å². The monoisotopic (exact) mass is 334 g/mol. The summed E-state index contributed by atoms with van der Waals surface area (Å²) in [6.45, 7) is 0. The van der Waals surface area contributed by atoms with Gasteiger partial charge in [0.25, 0.3) is 0 Å². The van der Waals surface area contributed by atoms with E-state index in [1.807, 2.05) is 66.7 Å². The van der Waals surface area contributed by atoms with Crippen LogP contribution in [-0.4, -0.2) is 21.1 Å². The zero-order valence-electron chi connectivity index (χ0n) is 12.7. The Hall–Kier alpha value is -3.12. The fourth-order valence-electron chi connectivity index (χ4n) is 2.02. The van der Waals surface area contributed by atoms with E-state index in [1.165, 1.54) is 0 Å². The van der Waals surface area contributed by atoms with Crippen molar-refractivity contribution in [1.29, 1.82) is 0 Å². The maximum Gasteiger partial charge on any atom is 0.301 e. The molecule has 0 unspecified atom stereocenters. The fraction of sp³-hybridized carbons (Fsp3) is 0. The minimum atomic E-state index is -0.377. The smallest absolute Gasteiger partial charge is 0.265 e. The normalized spacial score (nSPS) is 11.3. The lowest BCUT2D eigenvalue weighted by molar-refractivity contribution is 0.733. The summed E-state index contributed by atoms with van der Waals surface area (Å²) >= 11 is 5.10. The Morgan fingerprint density at radius 1 is 0.958 bits per heavy atom. The van der Waals surface area contributed by atoms with Crippen molar-refractivity contribution in [2.24, 2.45) is 5.10 Å². The van der Waals surface area contributed by atoms with Crippen LogP contribution < -0.4 is 5.56 Å². The summed E-state index contributed by atoms with van der Waals surface area (Å²) in [5, 5.41) is 10.8. The summed E-state index contributed by atoms with van der Waals surface area (Å²) in [7, 11) is 0. The van der Waals surface area contributed by atoms with Crippen molar-refractivity contribution in [3.63, 3.8) is 0 Å². The van der Waals surface area contributed by atoms with E-state index in [9.17, 15) is 4.79 Å². The average Bonchev–Trinajstić information content (AvgIpc) is 2.63. The standard InChI is InChI=1S/C18H14N4OS/c23-17-16(12-11-14-7-3-1-4-8-14)20-21-18(24)22(17)19-13-15-9-5-2-6-10-15/h1-13H,(H,21,24)/b12-11+,19-13+. The van der Waals surface area contributed by atoms with Gasteiger partial charge in [0.2, 0.25) is 4.77 Å². The van der Waals surface area contributed by atoms with Crippen LogP contribution in [0.5, 0.6) is 0 Å². The first-order chi connectivity index (χ1) is 11.7. The van der Waals surface area contributed by atoms with Crippen molar-refractivity contribution in [3.8, 4) is 0 Å². The first kappa shape index (κ1) is 15.8. The quantitative estimate of drug-likeness (QED) is 0.588. The van der Waals surface area contributed by atoms with E-state index in [1.54, 1.807) is 12.3 Å². The SMILES string of the molecule is O=c1c(/C=C/c2ccccc2)n[nH]c(=S)n1/N=C/c1ccccc1. The maximum atomic E-state index is 12.5. The van der Waals surface area contributed by atoms with Crippen LogP contribution in [0.1, 0.15) is 16.8 Å². The lowest BCUT2D eigenvalue weighted by atomic mass is 10.2.